The van der Waals surface area contributed by atoms with E-state index in [-0.39, 0.29) is 30.0 Å². The summed E-state index contributed by atoms with van der Waals surface area (Å²) in [5, 5.41) is 5.23. The van der Waals surface area contributed by atoms with Gasteiger partial charge in [-0.15, -0.1) is 18.3 Å². The number of thioether (sulfide) groups is 1. The van der Waals surface area contributed by atoms with Crippen LogP contribution < -0.4 is 9.64 Å². The number of alkyl halides is 3. The number of ether oxygens (including phenoxy) is 1. The van der Waals surface area contributed by atoms with Crippen molar-refractivity contribution >= 4 is 28.5 Å². The van der Waals surface area contributed by atoms with Gasteiger partial charge in [-0.2, -0.15) is 4.99 Å². The summed E-state index contributed by atoms with van der Waals surface area (Å²) < 4.78 is 42.8. The SMILES string of the molecule is Cc1ccc(C(C)C)c(N2C(=NC(=O)CC(C)c3ccc(-c4ncn(-c5ccc(OC(F)(F)F)cc5)n4)cc3)SCCC2C)c1. The molecule has 1 fully saturated rings. The van der Waals surface area contributed by atoms with Crippen molar-refractivity contribution in [3.8, 4) is 22.8 Å². The van der Waals surface area contributed by atoms with Crippen molar-refractivity contribution in [3.63, 3.8) is 0 Å². The van der Waals surface area contributed by atoms with E-state index in [1.54, 1.807) is 11.8 Å². The molecule has 2 atom stereocenters. The maximum Gasteiger partial charge on any atom is 0.573 e. The maximum atomic E-state index is 13.3. The molecule has 11 heteroatoms. The van der Waals surface area contributed by atoms with Gasteiger partial charge >= 0.3 is 6.36 Å². The number of carbonyl (C=O) groups is 1. The van der Waals surface area contributed by atoms with Crippen LogP contribution in [0.2, 0.25) is 0 Å². The Labute approximate surface area is 265 Å². The lowest BCUT2D eigenvalue weighted by molar-refractivity contribution is -0.274. The number of benzene rings is 3. The molecule has 0 N–H and O–H groups in total. The van der Waals surface area contributed by atoms with Gasteiger partial charge in [-0.1, -0.05) is 68.9 Å². The van der Waals surface area contributed by atoms with Gasteiger partial charge in [-0.05, 0) is 79.1 Å². The molecule has 1 aromatic heterocycles. The molecule has 4 aromatic rings. The fourth-order valence-electron chi connectivity index (χ4n) is 5.30. The lowest BCUT2D eigenvalue weighted by Gasteiger charge is -2.37. The molecule has 0 bridgehead atoms. The summed E-state index contributed by atoms with van der Waals surface area (Å²) in [5.41, 5.74) is 5.86. The van der Waals surface area contributed by atoms with Gasteiger partial charge in [-0.3, -0.25) is 4.79 Å². The Balaban J connectivity index is 1.26. The fourth-order valence-corrected chi connectivity index (χ4v) is 6.52. The molecular formula is C34H36F3N5O2S. The van der Waals surface area contributed by atoms with Gasteiger partial charge in [0.2, 0.25) is 5.91 Å². The lowest BCUT2D eigenvalue weighted by atomic mass is 9.96. The largest absolute Gasteiger partial charge is 0.573 e. The summed E-state index contributed by atoms with van der Waals surface area (Å²) in [7, 11) is 0. The van der Waals surface area contributed by atoms with E-state index in [2.05, 4.69) is 70.6 Å². The van der Waals surface area contributed by atoms with Crippen molar-refractivity contribution in [2.75, 3.05) is 10.7 Å². The highest BCUT2D eigenvalue weighted by Crippen LogP contribution is 2.36. The Morgan fingerprint density at radius 3 is 2.44 bits per heavy atom. The Morgan fingerprint density at radius 1 is 1.07 bits per heavy atom. The van der Waals surface area contributed by atoms with Crippen LogP contribution in [0, 0.1) is 6.92 Å². The normalized spacial score (nSPS) is 17.1. The number of anilines is 1. The van der Waals surface area contributed by atoms with Crippen LogP contribution in [-0.4, -0.2) is 44.0 Å². The minimum absolute atomic E-state index is 0.0523. The Bertz CT molecular complexity index is 1670. The van der Waals surface area contributed by atoms with Crippen LogP contribution in [0.3, 0.4) is 0 Å². The molecule has 45 heavy (non-hydrogen) atoms. The van der Waals surface area contributed by atoms with Crippen LogP contribution in [0.1, 0.15) is 69.1 Å². The van der Waals surface area contributed by atoms with Gasteiger partial charge in [0.25, 0.3) is 0 Å². The Morgan fingerprint density at radius 2 is 1.78 bits per heavy atom. The van der Waals surface area contributed by atoms with E-state index in [0.717, 1.165) is 34.2 Å². The smallest absolute Gasteiger partial charge is 0.406 e. The van der Waals surface area contributed by atoms with Gasteiger partial charge in [-0.25, -0.2) is 9.67 Å². The molecule has 0 radical (unpaired) electrons. The Kier molecular flexibility index (Phi) is 9.67. The fraction of sp³-hybridized carbons (Fsp3) is 0.353. The number of hydrogen-bond acceptors (Lipinski definition) is 5. The van der Waals surface area contributed by atoms with Crippen molar-refractivity contribution in [3.05, 3.63) is 89.7 Å². The first-order valence-electron chi connectivity index (χ1n) is 14.9. The van der Waals surface area contributed by atoms with E-state index >= 15 is 0 Å². The predicted molar refractivity (Wildman–Crippen MR) is 173 cm³/mol. The number of nitrogens with zero attached hydrogens (tertiary/aromatic N) is 5. The lowest BCUT2D eigenvalue weighted by Crippen LogP contribution is -2.42. The molecule has 1 amide bonds. The topological polar surface area (TPSA) is 72.6 Å². The van der Waals surface area contributed by atoms with E-state index in [9.17, 15) is 18.0 Å². The van der Waals surface area contributed by atoms with E-state index in [4.69, 9.17) is 0 Å². The highest BCUT2D eigenvalue weighted by molar-refractivity contribution is 8.14. The number of carbonyl (C=O) groups excluding carboxylic acids is 1. The van der Waals surface area contributed by atoms with Crippen LogP contribution in [0.5, 0.6) is 5.75 Å². The maximum absolute atomic E-state index is 13.3. The highest BCUT2D eigenvalue weighted by atomic mass is 32.2. The van der Waals surface area contributed by atoms with Crippen molar-refractivity contribution in [2.45, 2.75) is 71.7 Å². The van der Waals surface area contributed by atoms with E-state index < -0.39 is 6.36 Å². The van der Waals surface area contributed by atoms with Gasteiger partial charge in [0.05, 0.1) is 5.69 Å². The minimum Gasteiger partial charge on any atom is -0.406 e. The number of hydrogen-bond donors (Lipinski definition) is 0. The van der Waals surface area contributed by atoms with Gasteiger partial charge in [0, 0.05) is 29.5 Å². The summed E-state index contributed by atoms with van der Waals surface area (Å²) in [6.07, 6.45) is -1.96. The highest BCUT2D eigenvalue weighted by Gasteiger charge is 2.31. The predicted octanol–water partition coefficient (Wildman–Crippen LogP) is 8.67. The molecule has 2 heterocycles. The number of aromatic nitrogens is 3. The number of aryl methyl sites for hydroxylation is 1. The summed E-state index contributed by atoms with van der Waals surface area (Å²) in [5.74, 6) is 1.22. The molecule has 236 valence electrons. The molecule has 0 aliphatic carbocycles. The summed E-state index contributed by atoms with van der Waals surface area (Å²) in [6, 6.07) is 19.8. The standard InChI is InChI=1S/C34H36F3N5O2S/c1-21(2)29-15-6-22(3)18-30(29)42-24(5)16-17-45-33(42)39-31(43)19-23(4)25-7-9-26(10-8-25)32-38-20-41(40-32)27-11-13-28(14-12-27)44-34(35,36)37/h6-15,18,20-21,23-24H,16-17,19H2,1-5H3. The summed E-state index contributed by atoms with van der Waals surface area (Å²) in [6.45, 7) is 10.7. The number of halogens is 3. The minimum atomic E-state index is -4.75. The molecule has 1 aliphatic rings. The zero-order chi connectivity index (χ0) is 32.3. The molecule has 3 aromatic carbocycles. The van der Waals surface area contributed by atoms with Crippen molar-refractivity contribution in [1.29, 1.82) is 0 Å². The first-order chi connectivity index (χ1) is 21.4. The zero-order valence-corrected chi connectivity index (χ0v) is 26.7. The zero-order valence-electron chi connectivity index (χ0n) is 25.9. The Hall–Kier alpha value is -4.12. The second-order valence-electron chi connectivity index (χ2n) is 11.6. The van der Waals surface area contributed by atoms with Gasteiger partial charge < -0.3 is 9.64 Å². The molecule has 1 aliphatic heterocycles. The molecule has 7 nitrogen and oxygen atoms in total. The van der Waals surface area contributed by atoms with Gasteiger partial charge in [0.1, 0.15) is 12.1 Å². The van der Waals surface area contributed by atoms with E-state index in [1.807, 2.05) is 31.2 Å². The van der Waals surface area contributed by atoms with Crippen LogP contribution in [0.25, 0.3) is 17.1 Å². The second-order valence-corrected chi connectivity index (χ2v) is 12.7. The van der Waals surface area contributed by atoms with Crippen LogP contribution in [-0.2, 0) is 4.79 Å². The molecule has 0 saturated carbocycles. The average molecular weight is 636 g/mol. The third-order valence-electron chi connectivity index (χ3n) is 7.75. The third-order valence-corrected chi connectivity index (χ3v) is 8.73. The monoisotopic (exact) mass is 635 g/mol. The summed E-state index contributed by atoms with van der Waals surface area (Å²) in [4.78, 5) is 24.5. The van der Waals surface area contributed by atoms with Crippen LogP contribution >= 0.6 is 11.8 Å². The first kappa shape index (κ1) is 32.3. The van der Waals surface area contributed by atoms with Crippen LogP contribution in [0.15, 0.2) is 78.0 Å². The molecule has 1 saturated heterocycles. The molecular weight excluding hydrogens is 599 g/mol. The number of amidine groups is 1. The van der Waals surface area contributed by atoms with Crippen molar-refractivity contribution in [2.24, 2.45) is 4.99 Å². The first-order valence-corrected chi connectivity index (χ1v) is 15.9. The second kappa shape index (κ2) is 13.5. The van der Waals surface area contributed by atoms with Crippen molar-refractivity contribution in [1.82, 2.24) is 14.8 Å². The third kappa shape index (κ3) is 7.94. The molecule has 0 spiro atoms. The van der Waals surface area contributed by atoms with E-state index in [0.29, 0.717) is 17.4 Å². The summed E-state index contributed by atoms with van der Waals surface area (Å²) >= 11 is 1.64. The number of rotatable bonds is 8. The van der Waals surface area contributed by atoms with Gasteiger partial charge in [0.15, 0.2) is 11.0 Å². The quantitative estimate of drug-likeness (QED) is 0.193. The van der Waals surface area contributed by atoms with Crippen LogP contribution in [0.4, 0.5) is 18.9 Å². The average Bonchev–Trinajstić information content (AvgIpc) is 3.47. The number of amides is 1. The van der Waals surface area contributed by atoms with Crippen molar-refractivity contribution < 1.29 is 22.7 Å². The molecule has 5 rings (SSSR count). The van der Waals surface area contributed by atoms with E-state index in [1.165, 1.54) is 46.4 Å². The number of aliphatic imine (C=N–C) groups is 1. The molecule has 2 unspecified atom stereocenters.